The Morgan fingerprint density at radius 2 is 2.11 bits per heavy atom. The lowest BCUT2D eigenvalue weighted by atomic mass is 9.77. The van der Waals surface area contributed by atoms with Gasteiger partial charge in [0.15, 0.2) is 12.0 Å². The van der Waals surface area contributed by atoms with Crippen LogP contribution in [0.2, 0.25) is 0 Å². The van der Waals surface area contributed by atoms with Gasteiger partial charge in [0.2, 0.25) is 0 Å². The third-order valence-corrected chi connectivity index (χ3v) is 4.22. The summed E-state index contributed by atoms with van der Waals surface area (Å²) < 4.78 is 5.46. The van der Waals surface area contributed by atoms with Crippen molar-refractivity contribution in [2.45, 2.75) is 46.6 Å². The van der Waals surface area contributed by atoms with Crippen molar-refractivity contribution in [2.24, 2.45) is 11.3 Å². The molecule has 2 heterocycles. The van der Waals surface area contributed by atoms with E-state index in [9.17, 15) is 4.79 Å². The first-order chi connectivity index (χ1) is 8.99. The van der Waals surface area contributed by atoms with E-state index in [2.05, 4.69) is 25.7 Å². The van der Waals surface area contributed by atoms with E-state index in [1.54, 1.807) is 6.07 Å². The predicted octanol–water partition coefficient (Wildman–Crippen LogP) is 3.74. The first-order valence-corrected chi connectivity index (χ1v) is 7.25. The molecule has 0 aliphatic carbocycles. The van der Waals surface area contributed by atoms with Gasteiger partial charge >= 0.3 is 0 Å². The Bertz CT molecular complexity index is 417. The van der Waals surface area contributed by atoms with E-state index in [4.69, 9.17) is 4.42 Å². The lowest BCUT2D eigenvalue weighted by Crippen LogP contribution is -2.25. The lowest BCUT2D eigenvalue weighted by Gasteiger charge is -2.29. The van der Waals surface area contributed by atoms with E-state index in [0.717, 1.165) is 37.6 Å². The highest BCUT2D eigenvalue weighted by Gasteiger charge is 2.27. The fourth-order valence-corrected chi connectivity index (χ4v) is 2.94. The van der Waals surface area contributed by atoms with Crippen molar-refractivity contribution in [2.75, 3.05) is 13.1 Å². The molecule has 1 saturated heterocycles. The van der Waals surface area contributed by atoms with Crippen LogP contribution in [0, 0.1) is 11.3 Å². The molecule has 1 fully saturated rings. The Morgan fingerprint density at radius 1 is 1.32 bits per heavy atom. The minimum atomic E-state index is 0.408. The van der Waals surface area contributed by atoms with E-state index < -0.39 is 0 Å². The normalized spacial score (nSPS) is 22.2. The van der Waals surface area contributed by atoms with Crippen molar-refractivity contribution in [1.82, 2.24) is 4.90 Å². The van der Waals surface area contributed by atoms with Crippen LogP contribution in [0.5, 0.6) is 0 Å². The van der Waals surface area contributed by atoms with Gasteiger partial charge in [-0.25, -0.2) is 0 Å². The zero-order chi connectivity index (χ0) is 13.9. The zero-order valence-corrected chi connectivity index (χ0v) is 12.3. The fraction of sp³-hybridized carbons (Fsp3) is 0.688. The highest BCUT2D eigenvalue weighted by molar-refractivity contribution is 5.70. The van der Waals surface area contributed by atoms with Gasteiger partial charge < -0.3 is 4.42 Å². The van der Waals surface area contributed by atoms with E-state index in [0.29, 0.717) is 11.2 Å². The number of hydrogen-bond donors (Lipinski definition) is 0. The molecule has 0 bridgehead atoms. The molecule has 1 aromatic rings. The number of nitrogens with zero attached hydrogens (tertiary/aromatic N) is 1. The molecule has 1 atom stereocenters. The first-order valence-electron chi connectivity index (χ1n) is 7.25. The lowest BCUT2D eigenvalue weighted by molar-refractivity contribution is 0.109. The van der Waals surface area contributed by atoms with Gasteiger partial charge in [-0.3, -0.25) is 9.69 Å². The minimum Gasteiger partial charge on any atom is -0.457 e. The van der Waals surface area contributed by atoms with E-state index >= 15 is 0 Å². The molecule has 1 aliphatic rings. The van der Waals surface area contributed by atoms with Crippen molar-refractivity contribution in [3.63, 3.8) is 0 Å². The molecule has 0 saturated carbocycles. The summed E-state index contributed by atoms with van der Waals surface area (Å²) in [6.45, 7) is 10.1. The van der Waals surface area contributed by atoms with Crippen LogP contribution in [-0.4, -0.2) is 24.3 Å². The fourth-order valence-electron chi connectivity index (χ4n) is 2.94. The second-order valence-electron chi connectivity index (χ2n) is 6.69. The van der Waals surface area contributed by atoms with Crippen LogP contribution in [-0.2, 0) is 6.54 Å². The van der Waals surface area contributed by atoms with Crippen molar-refractivity contribution < 1.29 is 9.21 Å². The number of likely N-dealkylation sites (tertiary alicyclic amines) is 1. The molecule has 106 valence electrons. The number of furan rings is 1. The second-order valence-corrected chi connectivity index (χ2v) is 6.69. The SMILES string of the molecule is CC(C)(C)C1CCCN(Cc2ccc(C=O)o2)CC1. The summed E-state index contributed by atoms with van der Waals surface area (Å²) in [7, 11) is 0. The molecule has 0 aromatic carbocycles. The van der Waals surface area contributed by atoms with Crippen LogP contribution >= 0.6 is 0 Å². The molecular formula is C16H25NO2. The molecule has 1 aromatic heterocycles. The Morgan fingerprint density at radius 3 is 2.74 bits per heavy atom. The molecule has 1 unspecified atom stereocenters. The predicted molar refractivity (Wildman–Crippen MR) is 76.2 cm³/mol. The van der Waals surface area contributed by atoms with E-state index in [1.165, 1.54) is 19.3 Å². The average molecular weight is 263 g/mol. The molecule has 1 aliphatic heterocycles. The van der Waals surface area contributed by atoms with Gasteiger partial charge in [-0.2, -0.15) is 0 Å². The van der Waals surface area contributed by atoms with Gasteiger partial charge in [-0.15, -0.1) is 0 Å². The number of carbonyl (C=O) groups excluding carboxylic acids is 1. The van der Waals surface area contributed by atoms with Crippen LogP contribution in [0.1, 0.15) is 56.3 Å². The van der Waals surface area contributed by atoms with Gasteiger partial charge in [-0.05, 0) is 55.8 Å². The summed E-state index contributed by atoms with van der Waals surface area (Å²) in [5, 5.41) is 0. The first kappa shape index (κ1) is 14.3. The summed E-state index contributed by atoms with van der Waals surface area (Å²) >= 11 is 0. The molecule has 3 heteroatoms. The number of hydrogen-bond acceptors (Lipinski definition) is 3. The van der Waals surface area contributed by atoms with E-state index in [1.807, 2.05) is 6.07 Å². The largest absolute Gasteiger partial charge is 0.457 e. The van der Waals surface area contributed by atoms with E-state index in [-0.39, 0.29) is 0 Å². The zero-order valence-electron chi connectivity index (χ0n) is 12.3. The van der Waals surface area contributed by atoms with Gasteiger partial charge in [0.25, 0.3) is 0 Å². The smallest absolute Gasteiger partial charge is 0.185 e. The molecular weight excluding hydrogens is 238 g/mol. The summed E-state index contributed by atoms with van der Waals surface area (Å²) in [5.41, 5.74) is 0.408. The standard InChI is InChI=1S/C16H25NO2/c1-16(2,3)13-5-4-9-17(10-8-13)11-14-6-7-15(12-18)19-14/h6-7,12-13H,4-5,8-11H2,1-3H3. The highest BCUT2D eigenvalue weighted by atomic mass is 16.3. The van der Waals surface area contributed by atoms with Gasteiger partial charge in [-0.1, -0.05) is 20.8 Å². The van der Waals surface area contributed by atoms with Gasteiger partial charge in [0.1, 0.15) is 5.76 Å². The van der Waals surface area contributed by atoms with Crippen molar-refractivity contribution in [3.05, 3.63) is 23.7 Å². The quantitative estimate of drug-likeness (QED) is 0.779. The number of rotatable bonds is 3. The van der Waals surface area contributed by atoms with Gasteiger partial charge in [0.05, 0.1) is 6.54 Å². The summed E-state index contributed by atoms with van der Waals surface area (Å²) in [6, 6.07) is 3.66. The molecule has 2 rings (SSSR count). The Labute approximate surface area is 116 Å². The van der Waals surface area contributed by atoms with Crippen molar-refractivity contribution in [3.8, 4) is 0 Å². The van der Waals surface area contributed by atoms with Crippen LogP contribution in [0.4, 0.5) is 0 Å². The average Bonchev–Trinajstić information content (AvgIpc) is 2.65. The maximum atomic E-state index is 10.6. The summed E-state index contributed by atoms with van der Waals surface area (Å²) in [4.78, 5) is 13.1. The third kappa shape index (κ3) is 3.93. The Hall–Kier alpha value is -1.09. The third-order valence-electron chi connectivity index (χ3n) is 4.22. The Kier molecular flexibility index (Phi) is 4.46. The Balaban J connectivity index is 1.90. The number of carbonyl (C=O) groups is 1. The van der Waals surface area contributed by atoms with Gasteiger partial charge in [0, 0.05) is 0 Å². The molecule has 0 radical (unpaired) electrons. The second kappa shape index (κ2) is 5.91. The van der Waals surface area contributed by atoms with Crippen LogP contribution in [0.3, 0.4) is 0 Å². The maximum Gasteiger partial charge on any atom is 0.185 e. The minimum absolute atomic E-state index is 0.408. The highest BCUT2D eigenvalue weighted by Crippen LogP contribution is 2.34. The van der Waals surface area contributed by atoms with Crippen LogP contribution < -0.4 is 0 Å². The monoisotopic (exact) mass is 263 g/mol. The number of aldehydes is 1. The molecule has 0 amide bonds. The molecule has 0 N–H and O–H groups in total. The maximum absolute atomic E-state index is 10.6. The summed E-state index contributed by atoms with van der Waals surface area (Å²) in [6.07, 6.45) is 4.59. The van der Waals surface area contributed by atoms with Crippen LogP contribution in [0.25, 0.3) is 0 Å². The van der Waals surface area contributed by atoms with Crippen molar-refractivity contribution in [1.29, 1.82) is 0 Å². The molecule has 0 spiro atoms. The van der Waals surface area contributed by atoms with Crippen LogP contribution in [0.15, 0.2) is 16.5 Å². The molecule has 19 heavy (non-hydrogen) atoms. The molecule has 3 nitrogen and oxygen atoms in total. The van der Waals surface area contributed by atoms with Crippen molar-refractivity contribution >= 4 is 6.29 Å². The topological polar surface area (TPSA) is 33.5 Å². The summed E-state index contributed by atoms with van der Waals surface area (Å²) in [5.74, 6) is 2.13.